The van der Waals surface area contributed by atoms with Gasteiger partial charge in [0.2, 0.25) is 0 Å². The molecule has 2 rings (SSSR count). The van der Waals surface area contributed by atoms with E-state index in [2.05, 4.69) is 12.2 Å². The molecular weight excluding hydrogens is 230 g/mol. The molecule has 0 spiro atoms. The smallest absolute Gasteiger partial charge is 0.312 e. The van der Waals surface area contributed by atoms with E-state index in [1.807, 2.05) is 7.05 Å². The molecule has 1 saturated carbocycles. The third kappa shape index (κ3) is 3.45. The van der Waals surface area contributed by atoms with Gasteiger partial charge >= 0.3 is 5.97 Å². The van der Waals surface area contributed by atoms with Crippen molar-refractivity contribution < 1.29 is 14.3 Å². The first-order valence-electron chi connectivity index (χ1n) is 7.12. The van der Waals surface area contributed by atoms with Crippen molar-refractivity contribution >= 4 is 5.97 Å². The van der Waals surface area contributed by atoms with Gasteiger partial charge in [-0.1, -0.05) is 19.8 Å². The van der Waals surface area contributed by atoms with Gasteiger partial charge in [0, 0.05) is 6.04 Å². The largest absolute Gasteiger partial charge is 0.465 e. The Morgan fingerprint density at radius 2 is 2.22 bits per heavy atom. The molecule has 1 N–H and O–H groups in total. The van der Waals surface area contributed by atoms with E-state index in [0.717, 1.165) is 5.92 Å². The van der Waals surface area contributed by atoms with Gasteiger partial charge in [0.15, 0.2) is 0 Å². The van der Waals surface area contributed by atoms with Crippen molar-refractivity contribution in [3.8, 4) is 0 Å². The maximum atomic E-state index is 12.0. The predicted molar refractivity (Wildman–Crippen MR) is 69.2 cm³/mol. The van der Waals surface area contributed by atoms with E-state index in [1.54, 1.807) is 0 Å². The molecule has 0 aromatic heterocycles. The normalized spacial score (nSPS) is 36.6. The number of carbonyl (C=O) groups excluding carboxylic acids is 1. The lowest BCUT2D eigenvalue weighted by atomic mass is 9.83. The van der Waals surface area contributed by atoms with Crippen molar-refractivity contribution in [2.45, 2.75) is 38.6 Å². The maximum absolute atomic E-state index is 12.0. The van der Waals surface area contributed by atoms with Gasteiger partial charge in [-0.3, -0.25) is 4.79 Å². The average molecular weight is 255 g/mol. The fourth-order valence-corrected chi connectivity index (χ4v) is 3.09. The highest BCUT2D eigenvalue weighted by atomic mass is 16.5. The van der Waals surface area contributed by atoms with Crippen LogP contribution in [0.2, 0.25) is 0 Å². The Kier molecular flexibility index (Phi) is 5.01. The zero-order valence-electron chi connectivity index (χ0n) is 11.5. The highest BCUT2D eigenvalue weighted by Gasteiger charge is 2.34. The first kappa shape index (κ1) is 13.8. The lowest BCUT2D eigenvalue weighted by Crippen LogP contribution is -2.38. The Labute approximate surface area is 109 Å². The summed E-state index contributed by atoms with van der Waals surface area (Å²) >= 11 is 0. The highest BCUT2D eigenvalue weighted by Crippen LogP contribution is 2.29. The third-order valence-electron chi connectivity index (χ3n) is 4.26. The second-order valence-electron chi connectivity index (χ2n) is 5.81. The number of hydrogen-bond acceptors (Lipinski definition) is 4. The summed E-state index contributed by atoms with van der Waals surface area (Å²) in [6.45, 7) is 3.98. The molecule has 1 aliphatic heterocycles. The van der Waals surface area contributed by atoms with E-state index < -0.39 is 0 Å². The number of likely N-dealkylation sites (N-methyl/N-ethyl adjacent to an activating group) is 1. The van der Waals surface area contributed by atoms with Crippen molar-refractivity contribution in [2.24, 2.45) is 17.8 Å². The Balaban J connectivity index is 1.74. The molecule has 0 bridgehead atoms. The van der Waals surface area contributed by atoms with Crippen LogP contribution in [0.4, 0.5) is 0 Å². The minimum Gasteiger partial charge on any atom is -0.465 e. The minimum absolute atomic E-state index is 0.0925. The van der Waals surface area contributed by atoms with Crippen LogP contribution in [0.25, 0.3) is 0 Å². The Morgan fingerprint density at radius 3 is 2.94 bits per heavy atom. The van der Waals surface area contributed by atoms with Gasteiger partial charge < -0.3 is 14.8 Å². The van der Waals surface area contributed by atoms with E-state index in [4.69, 9.17) is 9.47 Å². The second-order valence-corrected chi connectivity index (χ2v) is 5.81. The van der Waals surface area contributed by atoms with Crippen LogP contribution in [-0.2, 0) is 14.3 Å². The molecule has 0 amide bonds. The molecule has 2 fully saturated rings. The van der Waals surface area contributed by atoms with Crippen LogP contribution in [0, 0.1) is 17.8 Å². The quantitative estimate of drug-likeness (QED) is 0.775. The summed E-state index contributed by atoms with van der Waals surface area (Å²) in [7, 11) is 1.86. The summed E-state index contributed by atoms with van der Waals surface area (Å²) in [4.78, 5) is 12.0. The van der Waals surface area contributed by atoms with Crippen molar-refractivity contribution in [2.75, 3.05) is 26.9 Å². The van der Waals surface area contributed by atoms with Crippen LogP contribution in [0.1, 0.15) is 32.6 Å². The van der Waals surface area contributed by atoms with Gasteiger partial charge in [-0.25, -0.2) is 0 Å². The zero-order chi connectivity index (χ0) is 13.0. The summed E-state index contributed by atoms with van der Waals surface area (Å²) in [6.07, 6.45) is 5.00. The van der Waals surface area contributed by atoms with Crippen molar-refractivity contribution in [3.05, 3.63) is 0 Å². The number of nitrogens with one attached hydrogen (secondary N) is 1. The molecule has 4 heteroatoms. The molecule has 18 heavy (non-hydrogen) atoms. The molecule has 4 nitrogen and oxygen atoms in total. The van der Waals surface area contributed by atoms with Crippen LogP contribution in [-0.4, -0.2) is 38.9 Å². The minimum atomic E-state index is -0.129. The molecule has 0 radical (unpaired) electrons. The van der Waals surface area contributed by atoms with Crippen LogP contribution in [0.15, 0.2) is 0 Å². The predicted octanol–water partition coefficient (Wildman–Crippen LogP) is 1.59. The van der Waals surface area contributed by atoms with Gasteiger partial charge in [-0.15, -0.1) is 0 Å². The summed E-state index contributed by atoms with van der Waals surface area (Å²) in [5.74, 6) is 1.12. The molecule has 4 unspecified atom stereocenters. The van der Waals surface area contributed by atoms with E-state index in [9.17, 15) is 4.79 Å². The zero-order valence-corrected chi connectivity index (χ0v) is 11.5. The molecule has 4 atom stereocenters. The molecule has 1 saturated heterocycles. The summed E-state index contributed by atoms with van der Waals surface area (Å²) in [6, 6.07) is 0.114. The summed E-state index contributed by atoms with van der Waals surface area (Å²) in [5.41, 5.74) is 0. The SMILES string of the molecule is CNC1COCC1C(=O)OCC1CCCC(C)C1. The molecule has 2 aliphatic rings. The van der Waals surface area contributed by atoms with Crippen molar-refractivity contribution in [3.63, 3.8) is 0 Å². The van der Waals surface area contributed by atoms with E-state index in [-0.39, 0.29) is 17.9 Å². The second kappa shape index (κ2) is 6.53. The van der Waals surface area contributed by atoms with Crippen LogP contribution in [0.5, 0.6) is 0 Å². The van der Waals surface area contributed by atoms with Crippen LogP contribution < -0.4 is 5.32 Å². The van der Waals surface area contributed by atoms with Gasteiger partial charge in [-0.2, -0.15) is 0 Å². The Morgan fingerprint density at radius 1 is 1.39 bits per heavy atom. The molecule has 1 heterocycles. The first-order valence-corrected chi connectivity index (χ1v) is 7.12. The lowest BCUT2D eigenvalue weighted by Gasteiger charge is -2.26. The monoisotopic (exact) mass is 255 g/mol. The first-order chi connectivity index (χ1) is 8.70. The van der Waals surface area contributed by atoms with E-state index in [1.165, 1.54) is 25.7 Å². The lowest BCUT2D eigenvalue weighted by molar-refractivity contribution is -0.150. The molecular formula is C14H25NO3. The van der Waals surface area contributed by atoms with Crippen LogP contribution >= 0.6 is 0 Å². The highest BCUT2D eigenvalue weighted by molar-refractivity contribution is 5.73. The molecule has 0 aromatic carbocycles. The van der Waals surface area contributed by atoms with Crippen LogP contribution in [0.3, 0.4) is 0 Å². The average Bonchev–Trinajstić information content (AvgIpc) is 2.84. The van der Waals surface area contributed by atoms with E-state index in [0.29, 0.717) is 25.7 Å². The number of rotatable bonds is 4. The van der Waals surface area contributed by atoms with Gasteiger partial charge in [0.25, 0.3) is 0 Å². The standard InChI is InChI=1S/C14H25NO3/c1-10-4-3-5-11(6-10)7-18-14(16)12-8-17-9-13(12)15-2/h10-13,15H,3-9H2,1-2H3. The van der Waals surface area contributed by atoms with E-state index >= 15 is 0 Å². The summed E-state index contributed by atoms with van der Waals surface area (Å²) < 4.78 is 10.8. The van der Waals surface area contributed by atoms with Crippen molar-refractivity contribution in [1.29, 1.82) is 0 Å². The van der Waals surface area contributed by atoms with Gasteiger partial charge in [0.1, 0.15) is 0 Å². The number of carbonyl (C=O) groups is 1. The topological polar surface area (TPSA) is 47.6 Å². The molecule has 0 aromatic rings. The Bertz CT molecular complexity index is 282. The Hall–Kier alpha value is -0.610. The van der Waals surface area contributed by atoms with Gasteiger partial charge in [0.05, 0.1) is 25.7 Å². The number of hydrogen-bond donors (Lipinski definition) is 1. The fraction of sp³-hybridized carbons (Fsp3) is 0.929. The fourth-order valence-electron chi connectivity index (χ4n) is 3.09. The maximum Gasteiger partial charge on any atom is 0.312 e. The molecule has 1 aliphatic carbocycles. The van der Waals surface area contributed by atoms with Gasteiger partial charge in [-0.05, 0) is 31.7 Å². The number of esters is 1. The summed E-state index contributed by atoms with van der Waals surface area (Å²) in [5, 5.41) is 3.11. The molecule has 104 valence electrons. The number of ether oxygens (including phenoxy) is 2. The third-order valence-corrected chi connectivity index (χ3v) is 4.26. The van der Waals surface area contributed by atoms with Crippen molar-refractivity contribution in [1.82, 2.24) is 5.32 Å².